The number of aromatic nitrogens is 1. The summed E-state index contributed by atoms with van der Waals surface area (Å²) in [5.41, 5.74) is 5.28. The molecule has 4 aromatic carbocycles. The first kappa shape index (κ1) is 21.4. The molecule has 34 heavy (non-hydrogen) atoms. The molecule has 5 rings (SSSR count). The number of nitrogens with zero attached hydrogens (tertiary/aromatic N) is 1. The molecule has 6 nitrogen and oxygen atoms in total. The molecule has 1 N–H and O–H groups in total. The van der Waals surface area contributed by atoms with E-state index in [1.54, 1.807) is 12.1 Å². The summed E-state index contributed by atoms with van der Waals surface area (Å²) < 4.78 is 11.3. The van der Waals surface area contributed by atoms with Crippen molar-refractivity contribution in [3.05, 3.63) is 95.6 Å². The van der Waals surface area contributed by atoms with Crippen molar-refractivity contribution in [1.82, 2.24) is 4.98 Å². The number of ether oxygens (including phenoxy) is 1. The third-order valence-electron chi connectivity index (χ3n) is 5.77. The van der Waals surface area contributed by atoms with E-state index in [4.69, 9.17) is 9.15 Å². The zero-order valence-electron chi connectivity index (χ0n) is 18.8. The smallest absolute Gasteiger partial charge is 0.339 e. The van der Waals surface area contributed by atoms with Crippen LogP contribution >= 0.6 is 0 Å². The highest BCUT2D eigenvalue weighted by Crippen LogP contribution is 2.33. The normalized spacial score (nSPS) is 11.0. The highest BCUT2D eigenvalue weighted by atomic mass is 16.5. The van der Waals surface area contributed by atoms with Crippen LogP contribution < -0.4 is 5.32 Å². The lowest BCUT2D eigenvalue weighted by atomic mass is 9.99. The van der Waals surface area contributed by atoms with Crippen molar-refractivity contribution in [1.29, 1.82) is 0 Å². The van der Waals surface area contributed by atoms with E-state index in [-0.39, 0.29) is 0 Å². The van der Waals surface area contributed by atoms with Gasteiger partial charge in [0.25, 0.3) is 5.91 Å². The molecule has 0 saturated heterocycles. The van der Waals surface area contributed by atoms with Crippen molar-refractivity contribution >= 4 is 39.4 Å². The summed E-state index contributed by atoms with van der Waals surface area (Å²) in [6, 6.07) is 24.1. The highest BCUT2D eigenvalue weighted by Gasteiger charge is 2.19. The Labute approximate surface area is 196 Å². The van der Waals surface area contributed by atoms with Gasteiger partial charge in [-0.25, -0.2) is 9.78 Å². The van der Waals surface area contributed by atoms with Gasteiger partial charge in [-0.05, 0) is 66.8 Å². The summed E-state index contributed by atoms with van der Waals surface area (Å²) in [6.45, 7) is 3.58. The average Bonchev–Trinajstić information content (AvgIpc) is 3.28. The van der Waals surface area contributed by atoms with Crippen LogP contribution in [0.15, 0.2) is 83.3 Å². The Bertz CT molecular complexity index is 1510. The number of rotatable bonds is 5. The Morgan fingerprint density at radius 2 is 1.71 bits per heavy atom. The average molecular weight is 450 g/mol. The maximum absolute atomic E-state index is 13.0. The van der Waals surface area contributed by atoms with Crippen molar-refractivity contribution in [2.24, 2.45) is 0 Å². The fourth-order valence-electron chi connectivity index (χ4n) is 3.90. The lowest BCUT2D eigenvalue weighted by Gasteiger charge is -2.11. The second kappa shape index (κ2) is 8.83. The predicted molar refractivity (Wildman–Crippen MR) is 132 cm³/mol. The Kier molecular flexibility index (Phi) is 5.55. The van der Waals surface area contributed by atoms with E-state index >= 15 is 0 Å². The third-order valence-corrected chi connectivity index (χ3v) is 5.77. The number of oxazole rings is 1. The van der Waals surface area contributed by atoms with Gasteiger partial charge in [-0.2, -0.15) is 0 Å². The molecule has 0 bridgehead atoms. The maximum atomic E-state index is 13.0. The number of aryl methyl sites for hydroxylation is 2. The number of benzene rings is 4. The van der Waals surface area contributed by atoms with Gasteiger partial charge in [0, 0.05) is 16.6 Å². The van der Waals surface area contributed by atoms with Gasteiger partial charge >= 0.3 is 5.97 Å². The number of fused-ring (bicyclic) bond motifs is 2. The van der Waals surface area contributed by atoms with E-state index in [0.717, 1.165) is 22.0 Å². The first-order valence-electron chi connectivity index (χ1n) is 10.9. The van der Waals surface area contributed by atoms with Gasteiger partial charge in [0.15, 0.2) is 12.2 Å². The molecule has 0 radical (unpaired) electrons. The number of esters is 1. The molecule has 0 saturated carbocycles. The zero-order chi connectivity index (χ0) is 23.7. The van der Waals surface area contributed by atoms with E-state index in [2.05, 4.69) is 10.3 Å². The summed E-state index contributed by atoms with van der Waals surface area (Å²) in [5, 5.41) is 4.27. The van der Waals surface area contributed by atoms with Gasteiger partial charge in [-0.1, -0.05) is 42.5 Å². The molecule has 0 aliphatic rings. The van der Waals surface area contributed by atoms with E-state index < -0.39 is 18.5 Å². The number of carbonyl (C=O) groups excluding carboxylic acids is 2. The monoisotopic (exact) mass is 450 g/mol. The van der Waals surface area contributed by atoms with Crippen LogP contribution in [0.1, 0.15) is 21.5 Å². The summed E-state index contributed by atoms with van der Waals surface area (Å²) >= 11 is 0. The van der Waals surface area contributed by atoms with Gasteiger partial charge in [0.1, 0.15) is 5.52 Å². The van der Waals surface area contributed by atoms with E-state index in [0.29, 0.717) is 33.7 Å². The van der Waals surface area contributed by atoms with Crippen LogP contribution in [-0.2, 0) is 9.53 Å². The predicted octanol–water partition coefficient (Wildman–Crippen LogP) is 6.06. The number of amides is 1. The Morgan fingerprint density at radius 3 is 2.50 bits per heavy atom. The second-order valence-electron chi connectivity index (χ2n) is 8.12. The molecule has 0 unspecified atom stereocenters. The van der Waals surface area contributed by atoms with Crippen LogP contribution in [-0.4, -0.2) is 23.5 Å². The topological polar surface area (TPSA) is 81.4 Å². The van der Waals surface area contributed by atoms with Crippen molar-refractivity contribution < 1.29 is 18.7 Å². The Hall–Kier alpha value is -4.45. The van der Waals surface area contributed by atoms with Crippen molar-refractivity contribution in [2.75, 3.05) is 11.9 Å². The van der Waals surface area contributed by atoms with Crippen LogP contribution in [0.4, 0.5) is 5.69 Å². The number of carbonyl (C=O) groups is 2. The molecule has 1 amide bonds. The van der Waals surface area contributed by atoms with Gasteiger partial charge in [0.05, 0.1) is 5.56 Å². The van der Waals surface area contributed by atoms with Crippen LogP contribution in [0.3, 0.4) is 0 Å². The second-order valence-corrected chi connectivity index (χ2v) is 8.12. The molecule has 6 heteroatoms. The summed E-state index contributed by atoms with van der Waals surface area (Å²) in [5.74, 6) is -0.583. The molecule has 1 aromatic heterocycles. The number of para-hydroxylation sites is 2. The van der Waals surface area contributed by atoms with Gasteiger partial charge in [-0.3, -0.25) is 4.79 Å². The lowest BCUT2D eigenvalue weighted by Crippen LogP contribution is -2.21. The fraction of sp³-hybridized carbons (Fsp3) is 0.107. The number of hydrogen-bond donors (Lipinski definition) is 1. The van der Waals surface area contributed by atoms with Gasteiger partial charge in [-0.15, -0.1) is 0 Å². The zero-order valence-corrected chi connectivity index (χ0v) is 18.8. The minimum atomic E-state index is -0.593. The standard InChI is InChI=1S/C28H22N2O4/c1-17-13-14-20(15-18(17)2)29-25(31)16-33-28(32)22-10-6-8-19-7-5-9-21(26(19)22)27-30-23-11-3-4-12-24(23)34-27/h3-15H,16H2,1-2H3,(H,29,31). The number of nitrogens with one attached hydrogen (secondary N) is 1. The first-order valence-corrected chi connectivity index (χ1v) is 10.9. The molecule has 0 aliphatic heterocycles. The maximum Gasteiger partial charge on any atom is 0.339 e. The van der Waals surface area contributed by atoms with Crippen LogP contribution in [0.25, 0.3) is 33.3 Å². The highest BCUT2D eigenvalue weighted by molar-refractivity contribution is 6.10. The molecule has 168 valence electrons. The van der Waals surface area contributed by atoms with E-state index in [1.165, 1.54) is 0 Å². The lowest BCUT2D eigenvalue weighted by molar-refractivity contribution is -0.119. The molecular formula is C28H22N2O4. The Balaban J connectivity index is 1.41. The summed E-state index contributed by atoms with van der Waals surface area (Å²) in [4.78, 5) is 30.0. The molecule has 0 spiro atoms. The fourth-order valence-corrected chi connectivity index (χ4v) is 3.90. The number of hydrogen-bond acceptors (Lipinski definition) is 5. The molecule has 0 atom stereocenters. The van der Waals surface area contributed by atoms with Crippen molar-refractivity contribution in [2.45, 2.75) is 13.8 Å². The van der Waals surface area contributed by atoms with Crippen LogP contribution in [0.5, 0.6) is 0 Å². The quantitative estimate of drug-likeness (QED) is 0.329. The van der Waals surface area contributed by atoms with Crippen LogP contribution in [0.2, 0.25) is 0 Å². The minimum Gasteiger partial charge on any atom is -0.452 e. The largest absolute Gasteiger partial charge is 0.452 e. The van der Waals surface area contributed by atoms with Crippen molar-refractivity contribution in [3.8, 4) is 11.5 Å². The summed E-state index contributed by atoms with van der Waals surface area (Å²) in [7, 11) is 0. The molecule has 0 aliphatic carbocycles. The van der Waals surface area contributed by atoms with Gasteiger partial charge < -0.3 is 14.5 Å². The first-order chi connectivity index (χ1) is 16.5. The SMILES string of the molecule is Cc1ccc(NC(=O)COC(=O)c2cccc3cccc(-c4nc5ccccc5o4)c23)cc1C. The molecule has 0 fully saturated rings. The van der Waals surface area contributed by atoms with E-state index in [1.807, 2.05) is 80.6 Å². The van der Waals surface area contributed by atoms with Crippen LogP contribution in [0, 0.1) is 13.8 Å². The number of anilines is 1. The van der Waals surface area contributed by atoms with Crippen molar-refractivity contribution in [3.63, 3.8) is 0 Å². The third kappa shape index (κ3) is 4.13. The molecular weight excluding hydrogens is 428 g/mol. The molecule has 5 aromatic rings. The molecule has 1 heterocycles. The Morgan fingerprint density at radius 1 is 0.912 bits per heavy atom. The van der Waals surface area contributed by atoms with Gasteiger partial charge in [0.2, 0.25) is 5.89 Å². The van der Waals surface area contributed by atoms with E-state index in [9.17, 15) is 9.59 Å². The summed E-state index contributed by atoms with van der Waals surface area (Å²) in [6.07, 6.45) is 0. The minimum absolute atomic E-state index is 0.342.